The number of nitrogens with one attached hydrogen (secondary N) is 2. The van der Waals surface area contributed by atoms with E-state index in [0.29, 0.717) is 11.5 Å². The second-order valence-electron chi connectivity index (χ2n) is 9.12. The molecule has 1 unspecified atom stereocenters. The molecular formula is C32H43N3O6S. The van der Waals surface area contributed by atoms with Crippen LogP contribution < -0.4 is 15.4 Å². The highest BCUT2D eigenvalue weighted by Crippen LogP contribution is 2.39. The number of ether oxygens (including phenoxy) is 1. The Labute approximate surface area is 253 Å². The predicted molar refractivity (Wildman–Crippen MR) is 171 cm³/mol. The van der Waals surface area contributed by atoms with Gasteiger partial charge in [0.25, 0.3) is 6.47 Å². The maximum atomic E-state index is 11.2. The van der Waals surface area contributed by atoms with Crippen LogP contribution in [0.1, 0.15) is 62.2 Å². The van der Waals surface area contributed by atoms with Gasteiger partial charge in [-0.1, -0.05) is 62.4 Å². The molecule has 2 heterocycles. The van der Waals surface area contributed by atoms with Gasteiger partial charge in [0.1, 0.15) is 29.9 Å². The Hall–Kier alpha value is -4.28. The van der Waals surface area contributed by atoms with Crippen molar-refractivity contribution in [2.75, 3.05) is 18.9 Å². The molecule has 9 nitrogen and oxygen atoms in total. The van der Waals surface area contributed by atoms with E-state index in [1.807, 2.05) is 83.1 Å². The molecule has 0 saturated carbocycles. The van der Waals surface area contributed by atoms with E-state index in [9.17, 15) is 4.79 Å². The number of thiophene rings is 1. The Morgan fingerprint density at radius 3 is 2.05 bits per heavy atom. The van der Waals surface area contributed by atoms with E-state index in [1.165, 1.54) is 23.2 Å². The summed E-state index contributed by atoms with van der Waals surface area (Å²) in [6.07, 6.45) is 4.06. The second-order valence-corrected chi connectivity index (χ2v) is 10.1. The van der Waals surface area contributed by atoms with Gasteiger partial charge in [0.15, 0.2) is 6.29 Å². The van der Waals surface area contributed by atoms with Gasteiger partial charge in [-0.05, 0) is 58.0 Å². The maximum Gasteiger partial charge on any atom is 0.290 e. The fraction of sp³-hybridized carbons (Fsp3) is 0.312. The lowest BCUT2D eigenvalue weighted by Gasteiger charge is -2.21. The average molecular weight is 598 g/mol. The van der Waals surface area contributed by atoms with Crippen LogP contribution in [0.25, 0.3) is 10.8 Å². The lowest BCUT2D eigenvalue weighted by molar-refractivity contribution is -0.122. The van der Waals surface area contributed by atoms with Gasteiger partial charge in [0.2, 0.25) is 5.89 Å². The van der Waals surface area contributed by atoms with Crippen LogP contribution in [0.15, 0.2) is 77.5 Å². The van der Waals surface area contributed by atoms with Gasteiger partial charge in [-0.2, -0.15) is 0 Å². The quantitative estimate of drug-likeness (QED) is 0.179. The smallest absolute Gasteiger partial charge is 0.290 e. The minimum Gasteiger partial charge on any atom is -0.484 e. The molecule has 2 aromatic carbocycles. The molecule has 4 aromatic rings. The monoisotopic (exact) mass is 597 g/mol. The highest BCUT2D eigenvalue weighted by atomic mass is 32.1. The molecule has 4 rings (SSSR count). The van der Waals surface area contributed by atoms with Crippen molar-refractivity contribution in [2.45, 2.75) is 53.2 Å². The van der Waals surface area contributed by atoms with Crippen molar-refractivity contribution in [1.29, 1.82) is 0 Å². The summed E-state index contributed by atoms with van der Waals surface area (Å²) in [5, 5.41) is 14.3. The number of hydrogen-bond acceptors (Lipinski definition) is 9. The number of likely N-dealkylation sites (N-methyl/N-ethyl adjacent to an activating group) is 1. The molecule has 2 aromatic heterocycles. The van der Waals surface area contributed by atoms with Crippen molar-refractivity contribution >= 4 is 35.9 Å². The number of rotatable bonds is 8. The normalized spacial score (nSPS) is 10.4. The number of para-hydroxylation sites is 1. The van der Waals surface area contributed by atoms with E-state index in [1.54, 1.807) is 6.20 Å². The molecule has 42 heavy (non-hydrogen) atoms. The molecular weight excluding hydrogens is 554 g/mol. The zero-order valence-corrected chi connectivity index (χ0v) is 26.2. The second kappa shape index (κ2) is 21.5. The number of carbonyl (C=O) groups is 3. The standard InChI is InChI=1S/C15H17NO.C13H16N2O2S.C2H6.CH2O2.CH2O/c1-16-12-15(13-8-4-2-5-9-13)17-14-10-6-3-7-11-14;1-8-9(7-16)12(15-13(2,3)4)18-10(8)11-14-5-6-17-11;1-2;2-1-3;1-2/h2-11,15-16H,12H2,1H3;5-7,15H,1-4H3;1-2H3;1H,(H,2,3);1H2. The minimum atomic E-state index is -0.250. The van der Waals surface area contributed by atoms with Gasteiger partial charge in [0, 0.05) is 12.1 Å². The molecule has 0 radical (unpaired) electrons. The van der Waals surface area contributed by atoms with Crippen molar-refractivity contribution < 1.29 is 28.6 Å². The fourth-order valence-corrected chi connectivity index (χ4v) is 4.71. The number of anilines is 1. The molecule has 0 saturated heterocycles. The molecule has 0 aliphatic heterocycles. The number of carboxylic acid groups (broad SMARTS) is 1. The molecule has 0 fully saturated rings. The van der Waals surface area contributed by atoms with E-state index in [0.717, 1.165) is 34.0 Å². The first-order valence-electron chi connectivity index (χ1n) is 13.3. The minimum absolute atomic E-state index is 0.0450. The van der Waals surface area contributed by atoms with E-state index in [2.05, 4.69) is 48.5 Å². The summed E-state index contributed by atoms with van der Waals surface area (Å²) >= 11 is 1.50. The third kappa shape index (κ3) is 13.4. The number of carbonyl (C=O) groups excluding carboxylic acids is 2. The van der Waals surface area contributed by atoms with Crippen molar-refractivity contribution in [3.05, 3.63) is 89.8 Å². The van der Waals surface area contributed by atoms with Gasteiger partial charge in [-0.3, -0.25) is 9.59 Å². The zero-order chi connectivity index (χ0) is 32.0. The van der Waals surface area contributed by atoms with Crippen LogP contribution in [0, 0.1) is 6.92 Å². The van der Waals surface area contributed by atoms with Crippen molar-refractivity contribution in [3.63, 3.8) is 0 Å². The van der Waals surface area contributed by atoms with E-state index >= 15 is 0 Å². The average Bonchev–Trinajstić information content (AvgIpc) is 3.63. The lowest BCUT2D eigenvalue weighted by atomic mass is 10.1. The molecule has 0 spiro atoms. The van der Waals surface area contributed by atoms with Gasteiger partial charge < -0.3 is 29.7 Å². The Morgan fingerprint density at radius 2 is 1.60 bits per heavy atom. The number of aldehydes is 1. The van der Waals surface area contributed by atoms with Crippen molar-refractivity contribution in [1.82, 2.24) is 10.3 Å². The van der Waals surface area contributed by atoms with E-state index in [-0.39, 0.29) is 18.1 Å². The van der Waals surface area contributed by atoms with E-state index < -0.39 is 0 Å². The number of nitrogens with zero attached hydrogens (tertiary/aromatic N) is 1. The Morgan fingerprint density at radius 1 is 1.05 bits per heavy atom. The van der Waals surface area contributed by atoms with Crippen LogP contribution in [0.2, 0.25) is 0 Å². The van der Waals surface area contributed by atoms with Crippen LogP contribution in [-0.4, -0.2) is 48.8 Å². The molecule has 0 aliphatic rings. The molecule has 1 atom stereocenters. The highest BCUT2D eigenvalue weighted by molar-refractivity contribution is 7.20. The molecule has 0 aliphatic carbocycles. The third-order valence-corrected chi connectivity index (χ3v) is 6.22. The van der Waals surface area contributed by atoms with Gasteiger partial charge in [-0.25, -0.2) is 4.98 Å². The van der Waals surface area contributed by atoms with Crippen LogP contribution in [-0.2, 0) is 9.59 Å². The SMILES string of the molecule is C=O.CC.CNCC(Oc1ccccc1)c1ccccc1.Cc1c(-c2ncco2)sc(NC(C)(C)C)c1C=O.O=CO. The fourth-order valence-electron chi connectivity index (χ4n) is 3.39. The van der Waals surface area contributed by atoms with Gasteiger partial charge in [0.05, 0.1) is 16.6 Å². The Bertz CT molecular complexity index is 1240. The first kappa shape index (κ1) is 37.7. The van der Waals surface area contributed by atoms with E-state index in [4.69, 9.17) is 23.8 Å². The molecule has 10 heteroatoms. The largest absolute Gasteiger partial charge is 0.484 e. The Balaban J connectivity index is 0.000000661. The Kier molecular flexibility index (Phi) is 19.3. The number of benzene rings is 2. The first-order valence-corrected chi connectivity index (χ1v) is 14.1. The number of hydrogen-bond donors (Lipinski definition) is 3. The molecule has 0 bridgehead atoms. The summed E-state index contributed by atoms with van der Waals surface area (Å²) in [6, 6.07) is 20.2. The summed E-state index contributed by atoms with van der Waals surface area (Å²) in [5.41, 5.74) is 2.68. The summed E-state index contributed by atoms with van der Waals surface area (Å²) in [7, 11) is 1.93. The van der Waals surface area contributed by atoms with Crippen molar-refractivity contribution in [3.8, 4) is 16.5 Å². The summed E-state index contributed by atoms with van der Waals surface area (Å²) in [4.78, 5) is 32.6. The number of aromatic nitrogens is 1. The maximum absolute atomic E-state index is 11.2. The van der Waals surface area contributed by atoms with Crippen LogP contribution >= 0.6 is 11.3 Å². The van der Waals surface area contributed by atoms with Crippen LogP contribution in [0.4, 0.5) is 5.00 Å². The summed E-state index contributed by atoms with van der Waals surface area (Å²) < 4.78 is 11.3. The highest BCUT2D eigenvalue weighted by Gasteiger charge is 2.21. The molecule has 3 N–H and O–H groups in total. The lowest BCUT2D eigenvalue weighted by Crippen LogP contribution is -2.26. The topological polar surface area (TPSA) is 131 Å². The third-order valence-electron chi connectivity index (χ3n) is 5.01. The van der Waals surface area contributed by atoms with Crippen LogP contribution in [0.5, 0.6) is 5.75 Å². The summed E-state index contributed by atoms with van der Waals surface area (Å²) in [6.45, 7) is 14.6. The van der Waals surface area contributed by atoms with Gasteiger partial charge >= 0.3 is 0 Å². The van der Waals surface area contributed by atoms with Crippen LogP contribution in [0.3, 0.4) is 0 Å². The predicted octanol–water partition coefficient (Wildman–Crippen LogP) is 7.30. The first-order chi connectivity index (χ1) is 20.2. The summed E-state index contributed by atoms with van der Waals surface area (Å²) in [5.74, 6) is 1.46. The van der Waals surface area contributed by atoms with Gasteiger partial charge in [-0.15, -0.1) is 11.3 Å². The molecule has 228 valence electrons. The molecule has 0 amide bonds. The van der Waals surface area contributed by atoms with Crippen molar-refractivity contribution in [2.24, 2.45) is 0 Å². The number of oxazole rings is 1. The zero-order valence-electron chi connectivity index (χ0n) is 25.4.